The van der Waals surface area contributed by atoms with Crippen LogP contribution in [0.25, 0.3) is 88.3 Å². The van der Waals surface area contributed by atoms with Crippen LogP contribution in [0.3, 0.4) is 0 Å². The van der Waals surface area contributed by atoms with Crippen LogP contribution in [0.5, 0.6) is 0 Å². The van der Waals surface area contributed by atoms with Crippen molar-refractivity contribution >= 4 is 71.6 Å². The van der Waals surface area contributed by atoms with Crippen molar-refractivity contribution < 1.29 is 8.83 Å². The highest BCUT2D eigenvalue weighted by Crippen LogP contribution is 2.44. The predicted octanol–water partition coefficient (Wildman–Crippen LogP) is 14.5. The molecule has 2 heterocycles. The molecule has 0 aliphatic rings. The van der Waals surface area contributed by atoms with Crippen LogP contribution in [-0.2, 0) is 0 Å². The van der Waals surface area contributed by atoms with Gasteiger partial charge in [-0.1, -0.05) is 133 Å². The Morgan fingerprint density at radius 2 is 1.02 bits per heavy atom. The third-order valence-electron chi connectivity index (χ3n) is 10.7. The van der Waals surface area contributed by atoms with Crippen LogP contribution in [0.15, 0.2) is 203 Å². The zero-order valence-corrected chi connectivity index (χ0v) is 29.7. The summed E-state index contributed by atoms with van der Waals surface area (Å²) >= 11 is 0. The first-order valence-corrected chi connectivity index (χ1v) is 18.5. The number of oxazole rings is 1. The lowest BCUT2D eigenvalue weighted by atomic mass is 9.99. The molecule has 0 radical (unpaired) electrons. The maximum Gasteiger partial charge on any atom is 0.227 e. The SMILES string of the molecule is c1ccc(-c2cccc(N(c3ccc(-c4c5nc(-c6ccccc6)oc5cc5c4oc4ccccc45)cc3)c3ccc4c(ccc5ccccc54)c3)c2)cc1. The molecule has 258 valence electrons. The van der Waals surface area contributed by atoms with Crippen LogP contribution in [0.4, 0.5) is 17.1 Å². The molecule has 11 rings (SSSR count). The standard InChI is InChI=1S/C51H32N2O2/c1-3-12-33(13-4-1)37-17-11-18-40(30-37)53(41-28-29-43-38(31-41)23-22-34-14-7-8-19-42(34)43)39-26-24-35(25-27-39)48-49-47(55-51(52-49)36-15-5-2-6-16-36)32-45-44-20-9-10-21-46(44)54-50(45)48/h1-32H. The van der Waals surface area contributed by atoms with Gasteiger partial charge in [0, 0.05) is 33.4 Å². The second-order valence-electron chi connectivity index (χ2n) is 13.9. The normalized spacial score (nSPS) is 11.6. The highest BCUT2D eigenvalue weighted by Gasteiger charge is 2.22. The van der Waals surface area contributed by atoms with Gasteiger partial charge in [-0.2, -0.15) is 0 Å². The maximum absolute atomic E-state index is 6.61. The van der Waals surface area contributed by atoms with E-state index in [1.54, 1.807) is 0 Å². The average molecular weight is 705 g/mol. The molecule has 2 aromatic heterocycles. The molecule has 4 nitrogen and oxygen atoms in total. The summed E-state index contributed by atoms with van der Waals surface area (Å²) in [6.07, 6.45) is 0. The van der Waals surface area contributed by atoms with Gasteiger partial charge in [0.1, 0.15) is 16.7 Å². The van der Waals surface area contributed by atoms with Gasteiger partial charge in [-0.05, 0) is 98.9 Å². The summed E-state index contributed by atoms with van der Waals surface area (Å²) in [6.45, 7) is 0. The lowest BCUT2D eigenvalue weighted by molar-refractivity contribution is 0.620. The molecular weight excluding hydrogens is 673 g/mol. The van der Waals surface area contributed by atoms with E-state index in [1.807, 2.05) is 48.5 Å². The van der Waals surface area contributed by atoms with Gasteiger partial charge in [-0.3, -0.25) is 0 Å². The van der Waals surface area contributed by atoms with Crippen molar-refractivity contribution in [2.24, 2.45) is 0 Å². The molecule has 0 bridgehead atoms. The van der Waals surface area contributed by atoms with Crippen LogP contribution < -0.4 is 4.90 Å². The van der Waals surface area contributed by atoms with Gasteiger partial charge in [-0.15, -0.1) is 0 Å². The van der Waals surface area contributed by atoms with Crippen LogP contribution in [0, 0.1) is 0 Å². The molecule has 0 saturated carbocycles. The van der Waals surface area contributed by atoms with Crippen molar-refractivity contribution in [2.45, 2.75) is 0 Å². The molecule has 9 aromatic carbocycles. The molecule has 0 N–H and O–H groups in total. The van der Waals surface area contributed by atoms with E-state index in [2.05, 4.69) is 150 Å². The van der Waals surface area contributed by atoms with Gasteiger partial charge in [0.05, 0.1) is 5.56 Å². The number of benzene rings is 9. The number of furan rings is 1. The largest absolute Gasteiger partial charge is 0.455 e. The third-order valence-corrected chi connectivity index (χ3v) is 10.7. The molecule has 0 atom stereocenters. The Labute approximate surface area is 317 Å². The average Bonchev–Trinajstić information content (AvgIpc) is 3.85. The number of nitrogens with zero attached hydrogens (tertiary/aromatic N) is 2. The first-order chi connectivity index (χ1) is 27.2. The highest BCUT2D eigenvalue weighted by molar-refractivity contribution is 6.17. The minimum Gasteiger partial charge on any atom is -0.455 e. The topological polar surface area (TPSA) is 42.4 Å². The van der Waals surface area contributed by atoms with Crippen LogP contribution >= 0.6 is 0 Å². The molecule has 0 fully saturated rings. The fraction of sp³-hybridized carbons (Fsp3) is 0. The Bertz CT molecular complexity index is 3200. The summed E-state index contributed by atoms with van der Waals surface area (Å²) in [6, 6.07) is 68.1. The van der Waals surface area contributed by atoms with E-state index in [0.29, 0.717) is 5.89 Å². The number of aromatic nitrogens is 1. The van der Waals surface area contributed by atoms with Gasteiger partial charge in [0.2, 0.25) is 5.89 Å². The van der Waals surface area contributed by atoms with Crippen LogP contribution in [0.1, 0.15) is 0 Å². The molecule has 0 aliphatic heterocycles. The van der Waals surface area contributed by atoms with Crippen molar-refractivity contribution in [1.29, 1.82) is 0 Å². The third kappa shape index (κ3) is 5.26. The van der Waals surface area contributed by atoms with Gasteiger partial charge in [-0.25, -0.2) is 4.98 Å². The van der Waals surface area contributed by atoms with Gasteiger partial charge in [0.15, 0.2) is 5.58 Å². The number of para-hydroxylation sites is 1. The summed E-state index contributed by atoms with van der Waals surface area (Å²) in [5.41, 5.74) is 11.5. The minimum absolute atomic E-state index is 0.582. The number of hydrogen-bond acceptors (Lipinski definition) is 4. The van der Waals surface area contributed by atoms with Gasteiger partial charge in [0.25, 0.3) is 0 Å². The zero-order valence-electron chi connectivity index (χ0n) is 29.7. The van der Waals surface area contributed by atoms with E-state index in [-0.39, 0.29) is 0 Å². The molecule has 0 aliphatic carbocycles. The molecule has 0 amide bonds. The van der Waals surface area contributed by atoms with Crippen molar-refractivity contribution in [3.63, 3.8) is 0 Å². The number of rotatable bonds is 6. The number of hydrogen-bond donors (Lipinski definition) is 0. The number of fused-ring (bicyclic) bond motifs is 7. The van der Waals surface area contributed by atoms with E-state index in [0.717, 1.165) is 72.4 Å². The molecule has 0 saturated heterocycles. The quantitative estimate of drug-likeness (QED) is 0.162. The highest BCUT2D eigenvalue weighted by atomic mass is 16.4. The first-order valence-electron chi connectivity index (χ1n) is 18.5. The van der Waals surface area contributed by atoms with Gasteiger partial charge < -0.3 is 13.7 Å². The fourth-order valence-corrected chi connectivity index (χ4v) is 8.03. The van der Waals surface area contributed by atoms with Crippen molar-refractivity contribution in [3.05, 3.63) is 194 Å². The smallest absolute Gasteiger partial charge is 0.227 e. The summed E-state index contributed by atoms with van der Waals surface area (Å²) in [5.74, 6) is 0.582. The predicted molar refractivity (Wildman–Crippen MR) is 227 cm³/mol. The molecular formula is C51H32N2O2. The van der Waals surface area contributed by atoms with Crippen LogP contribution in [-0.4, -0.2) is 4.98 Å². The van der Waals surface area contributed by atoms with Gasteiger partial charge >= 0.3 is 0 Å². The lowest BCUT2D eigenvalue weighted by Gasteiger charge is -2.27. The molecule has 0 spiro atoms. The second-order valence-corrected chi connectivity index (χ2v) is 13.9. The van der Waals surface area contributed by atoms with E-state index < -0.39 is 0 Å². The van der Waals surface area contributed by atoms with Crippen LogP contribution in [0.2, 0.25) is 0 Å². The van der Waals surface area contributed by atoms with E-state index >= 15 is 0 Å². The Hall–Kier alpha value is -7.43. The summed E-state index contributed by atoms with van der Waals surface area (Å²) in [4.78, 5) is 7.42. The maximum atomic E-state index is 6.61. The molecule has 11 aromatic rings. The van der Waals surface area contributed by atoms with Crippen molar-refractivity contribution in [2.75, 3.05) is 4.90 Å². The van der Waals surface area contributed by atoms with E-state index in [1.165, 1.54) is 27.1 Å². The molecule has 0 unspecified atom stereocenters. The first kappa shape index (κ1) is 31.1. The summed E-state index contributed by atoms with van der Waals surface area (Å²) in [7, 11) is 0. The minimum atomic E-state index is 0.582. The Morgan fingerprint density at radius 1 is 0.364 bits per heavy atom. The summed E-state index contributed by atoms with van der Waals surface area (Å²) in [5, 5.41) is 6.96. The second kappa shape index (κ2) is 12.6. The molecule has 55 heavy (non-hydrogen) atoms. The fourth-order valence-electron chi connectivity index (χ4n) is 8.03. The lowest BCUT2D eigenvalue weighted by Crippen LogP contribution is -2.10. The monoisotopic (exact) mass is 704 g/mol. The Balaban J connectivity index is 1.09. The Morgan fingerprint density at radius 3 is 1.85 bits per heavy atom. The van der Waals surface area contributed by atoms with E-state index in [9.17, 15) is 0 Å². The van der Waals surface area contributed by atoms with E-state index in [4.69, 9.17) is 13.8 Å². The van der Waals surface area contributed by atoms with Crippen molar-refractivity contribution in [1.82, 2.24) is 4.98 Å². The zero-order chi connectivity index (χ0) is 36.3. The Kier molecular flexibility index (Phi) is 7.14. The summed E-state index contributed by atoms with van der Waals surface area (Å²) < 4.78 is 13.1. The number of anilines is 3. The van der Waals surface area contributed by atoms with Crippen molar-refractivity contribution in [3.8, 4) is 33.7 Å². The molecule has 4 heteroatoms.